The molecule has 1 spiro atoms. The first-order valence-electron chi connectivity index (χ1n) is 8.77. The first kappa shape index (κ1) is 17.9. The summed E-state index contributed by atoms with van der Waals surface area (Å²) in [5.41, 5.74) is 1.82. The highest BCUT2D eigenvalue weighted by Crippen LogP contribution is 2.44. The maximum atomic E-state index is 12.1. The van der Waals surface area contributed by atoms with Crippen molar-refractivity contribution in [2.45, 2.75) is 23.3 Å². The number of nitro benzene ring substituents is 1. The van der Waals surface area contributed by atoms with Crippen molar-refractivity contribution >= 4 is 21.2 Å². The monoisotopic (exact) mass is 388 g/mol. The Morgan fingerprint density at radius 1 is 1.19 bits per heavy atom. The van der Waals surface area contributed by atoms with Crippen molar-refractivity contribution in [2.75, 3.05) is 30.9 Å². The zero-order chi connectivity index (χ0) is 19.2. The van der Waals surface area contributed by atoms with Crippen LogP contribution in [0.3, 0.4) is 0 Å². The number of para-hydroxylation sites is 1. The zero-order valence-corrected chi connectivity index (χ0v) is 15.7. The van der Waals surface area contributed by atoms with Crippen LogP contribution in [0, 0.1) is 10.1 Å². The molecule has 1 aliphatic carbocycles. The van der Waals surface area contributed by atoms with E-state index >= 15 is 0 Å². The Bertz CT molecular complexity index is 1020. The molecule has 1 saturated heterocycles. The highest BCUT2D eigenvalue weighted by atomic mass is 32.2. The molecule has 27 heavy (non-hydrogen) atoms. The van der Waals surface area contributed by atoms with Gasteiger partial charge in [-0.25, -0.2) is 8.42 Å². The van der Waals surface area contributed by atoms with E-state index in [-0.39, 0.29) is 10.6 Å². The molecule has 7 nitrogen and oxygen atoms in total. The molecule has 2 aromatic rings. The van der Waals surface area contributed by atoms with Crippen LogP contribution < -0.4 is 4.90 Å². The molecule has 1 unspecified atom stereocenters. The molecule has 4 rings (SSSR count). The van der Waals surface area contributed by atoms with Gasteiger partial charge in [-0.1, -0.05) is 30.3 Å². The first-order chi connectivity index (χ1) is 12.8. The van der Waals surface area contributed by atoms with Crippen molar-refractivity contribution in [1.29, 1.82) is 0 Å². The van der Waals surface area contributed by atoms with E-state index in [1.54, 1.807) is 12.1 Å². The van der Waals surface area contributed by atoms with E-state index < -0.39 is 20.4 Å². The molecule has 0 N–H and O–H groups in total. The van der Waals surface area contributed by atoms with Gasteiger partial charge in [0.1, 0.15) is 16.2 Å². The van der Waals surface area contributed by atoms with E-state index in [0.717, 1.165) is 24.7 Å². The van der Waals surface area contributed by atoms with Gasteiger partial charge in [0, 0.05) is 12.8 Å². The number of morpholine rings is 1. The molecule has 0 bridgehead atoms. The number of hydrogen-bond acceptors (Lipinski definition) is 6. The first-order valence-corrected chi connectivity index (χ1v) is 10.7. The van der Waals surface area contributed by atoms with Crippen LogP contribution in [0.1, 0.15) is 17.5 Å². The summed E-state index contributed by atoms with van der Waals surface area (Å²) in [6.45, 7) is 1.35. The zero-order valence-electron chi connectivity index (χ0n) is 14.9. The van der Waals surface area contributed by atoms with Gasteiger partial charge in [0.15, 0.2) is 9.84 Å². The number of anilines is 1. The third-order valence-electron chi connectivity index (χ3n) is 5.39. The van der Waals surface area contributed by atoms with Crippen LogP contribution in [-0.4, -0.2) is 39.3 Å². The maximum absolute atomic E-state index is 12.1. The SMILES string of the molecule is CS(=O)(=O)c1cccc(N2CCOC3(CCc4ccccc43)C2)c1[N+](=O)[O-]. The molecule has 0 radical (unpaired) electrons. The van der Waals surface area contributed by atoms with Crippen LogP contribution in [0.4, 0.5) is 11.4 Å². The van der Waals surface area contributed by atoms with Gasteiger partial charge >= 0.3 is 5.69 Å². The molecular formula is C19H20N2O5S. The largest absolute Gasteiger partial charge is 0.367 e. The van der Waals surface area contributed by atoms with Crippen molar-refractivity contribution in [2.24, 2.45) is 0 Å². The molecule has 0 saturated carbocycles. The summed E-state index contributed by atoms with van der Waals surface area (Å²) in [4.78, 5) is 12.8. The van der Waals surface area contributed by atoms with Gasteiger partial charge in [-0.15, -0.1) is 0 Å². The third-order valence-corrected chi connectivity index (χ3v) is 6.52. The molecular weight excluding hydrogens is 368 g/mol. The Balaban J connectivity index is 1.78. The van der Waals surface area contributed by atoms with Crippen molar-refractivity contribution in [3.8, 4) is 0 Å². The molecule has 1 heterocycles. The number of nitrogens with zero attached hydrogens (tertiary/aromatic N) is 2. The van der Waals surface area contributed by atoms with Crippen molar-refractivity contribution in [3.63, 3.8) is 0 Å². The predicted molar refractivity (Wildman–Crippen MR) is 101 cm³/mol. The van der Waals surface area contributed by atoms with Crippen molar-refractivity contribution < 1.29 is 18.1 Å². The quantitative estimate of drug-likeness (QED) is 0.593. The highest BCUT2D eigenvalue weighted by Gasteiger charge is 2.44. The lowest BCUT2D eigenvalue weighted by Gasteiger charge is -2.42. The molecule has 2 aliphatic rings. The summed E-state index contributed by atoms with van der Waals surface area (Å²) in [6.07, 6.45) is 2.70. The average molecular weight is 388 g/mol. The molecule has 142 valence electrons. The second-order valence-corrected chi connectivity index (χ2v) is 9.06. The lowest BCUT2D eigenvalue weighted by atomic mass is 9.93. The number of sulfone groups is 1. The highest BCUT2D eigenvalue weighted by molar-refractivity contribution is 7.90. The Morgan fingerprint density at radius 2 is 1.96 bits per heavy atom. The topological polar surface area (TPSA) is 89.8 Å². The smallest absolute Gasteiger partial charge is 0.311 e. The molecule has 0 amide bonds. The van der Waals surface area contributed by atoms with E-state index in [0.29, 0.717) is 25.4 Å². The summed E-state index contributed by atoms with van der Waals surface area (Å²) in [5.74, 6) is 0. The van der Waals surface area contributed by atoms with Crippen molar-refractivity contribution in [3.05, 3.63) is 63.7 Å². The normalized spacial score (nSPS) is 22.0. The number of rotatable bonds is 3. The standard InChI is InChI=1S/C19H20N2O5S/c1-27(24,25)17-8-4-7-16(18(17)21(22)23)20-11-12-26-19(13-20)10-9-14-5-2-3-6-15(14)19/h2-8H,9-13H2,1H3. The minimum Gasteiger partial charge on any atom is -0.367 e. The fraction of sp³-hybridized carbons (Fsp3) is 0.368. The van der Waals surface area contributed by atoms with Gasteiger partial charge in [-0.3, -0.25) is 10.1 Å². The molecule has 1 fully saturated rings. The van der Waals surface area contributed by atoms with E-state index in [1.807, 2.05) is 23.1 Å². The fourth-order valence-electron chi connectivity index (χ4n) is 4.21. The summed E-state index contributed by atoms with van der Waals surface area (Å²) in [5, 5.41) is 11.7. The van der Waals surface area contributed by atoms with Gasteiger partial charge in [0.05, 0.1) is 18.1 Å². The molecule has 8 heteroatoms. The van der Waals surface area contributed by atoms with Gasteiger partial charge < -0.3 is 9.64 Å². The lowest BCUT2D eigenvalue weighted by molar-refractivity contribution is -0.387. The Kier molecular flexibility index (Phi) is 4.20. The number of fused-ring (bicyclic) bond motifs is 2. The summed E-state index contributed by atoms with van der Waals surface area (Å²) >= 11 is 0. The Hall–Kier alpha value is -2.45. The summed E-state index contributed by atoms with van der Waals surface area (Å²) in [7, 11) is -3.72. The molecule has 1 aliphatic heterocycles. The van der Waals surface area contributed by atoms with Crippen LogP contribution in [0.15, 0.2) is 47.4 Å². The molecule has 0 aromatic heterocycles. The third kappa shape index (κ3) is 2.98. The van der Waals surface area contributed by atoms with Crippen LogP contribution >= 0.6 is 0 Å². The number of benzene rings is 2. The molecule has 1 atom stereocenters. The van der Waals surface area contributed by atoms with Gasteiger partial charge in [0.25, 0.3) is 0 Å². The number of hydrogen-bond donors (Lipinski definition) is 0. The van der Waals surface area contributed by atoms with E-state index in [4.69, 9.17) is 4.74 Å². The average Bonchev–Trinajstić information content (AvgIpc) is 2.99. The van der Waals surface area contributed by atoms with Crippen LogP contribution in [0.25, 0.3) is 0 Å². The number of nitro groups is 1. The van der Waals surface area contributed by atoms with Crippen molar-refractivity contribution in [1.82, 2.24) is 0 Å². The minimum atomic E-state index is -3.72. The molecule has 2 aromatic carbocycles. The van der Waals surface area contributed by atoms with Gasteiger partial charge in [-0.2, -0.15) is 0 Å². The number of ether oxygens (including phenoxy) is 1. The van der Waals surface area contributed by atoms with Crippen LogP contribution in [0.2, 0.25) is 0 Å². The second kappa shape index (κ2) is 6.31. The Labute approximate surface area is 157 Å². The summed E-state index contributed by atoms with van der Waals surface area (Å²) < 4.78 is 30.3. The van der Waals surface area contributed by atoms with Crippen LogP contribution in [0.5, 0.6) is 0 Å². The second-order valence-electron chi connectivity index (χ2n) is 7.07. The fourth-order valence-corrected chi connectivity index (χ4v) is 5.06. The minimum absolute atomic E-state index is 0.252. The van der Waals surface area contributed by atoms with E-state index in [2.05, 4.69) is 6.07 Å². The van der Waals surface area contributed by atoms with Gasteiger partial charge in [-0.05, 0) is 36.1 Å². The Morgan fingerprint density at radius 3 is 2.70 bits per heavy atom. The van der Waals surface area contributed by atoms with E-state index in [9.17, 15) is 18.5 Å². The lowest BCUT2D eigenvalue weighted by Crippen LogP contribution is -2.49. The maximum Gasteiger partial charge on any atom is 0.311 e. The number of aryl methyl sites for hydroxylation is 1. The van der Waals surface area contributed by atoms with Crippen LogP contribution in [-0.2, 0) is 26.6 Å². The summed E-state index contributed by atoms with van der Waals surface area (Å²) in [6, 6.07) is 12.6. The predicted octanol–water partition coefficient (Wildman–Crippen LogP) is 2.68. The van der Waals surface area contributed by atoms with E-state index in [1.165, 1.54) is 11.6 Å². The van der Waals surface area contributed by atoms with Gasteiger partial charge in [0.2, 0.25) is 0 Å².